The summed E-state index contributed by atoms with van der Waals surface area (Å²) in [6, 6.07) is 6.59. The van der Waals surface area contributed by atoms with Crippen molar-refractivity contribution in [3.05, 3.63) is 34.9 Å². The maximum absolute atomic E-state index is 2.25. The summed E-state index contributed by atoms with van der Waals surface area (Å²) in [5.41, 5.74) is 4.42. The molecule has 0 aliphatic rings. The maximum atomic E-state index is 2.25. The Balaban J connectivity index is 0.000000791. The fraction of sp³-hybridized carbons (Fsp3) is 0.571. The highest BCUT2D eigenvalue weighted by Gasteiger charge is 1.98. The van der Waals surface area contributed by atoms with Gasteiger partial charge in [-0.3, -0.25) is 0 Å². The second kappa shape index (κ2) is 7.61. The third-order valence-electron chi connectivity index (χ3n) is 2.52. The fourth-order valence-electron chi connectivity index (χ4n) is 1.45. The summed E-state index contributed by atoms with van der Waals surface area (Å²) in [5.74, 6) is 0. The van der Waals surface area contributed by atoms with Crippen LogP contribution >= 0.6 is 0 Å². The number of unbranched alkanes of at least 4 members (excludes halogenated alkanes) is 1. The second-order valence-electron chi connectivity index (χ2n) is 3.46. The molecule has 0 fully saturated rings. The maximum Gasteiger partial charge on any atom is -0.0276 e. The molecular formula is C14H24. The predicted octanol–water partition coefficient (Wildman–Crippen LogP) is 4.67. The van der Waals surface area contributed by atoms with E-state index in [1.165, 1.54) is 36.0 Å². The predicted molar refractivity (Wildman–Crippen MR) is 65.9 cm³/mol. The van der Waals surface area contributed by atoms with E-state index in [1.807, 2.05) is 13.8 Å². The van der Waals surface area contributed by atoms with Crippen molar-refractivity contribution < 1.29 is 0 Å². The molecule has 1 rings (SSSR count). The van der Waals surface area contributed by atoms with Gasteiger partial charge in [0.05, 0.1) is 0 Å². The molecule has 0 aromatic heterocycles. The first-order valence-electron chi connectivity index (χ1n) is 5.80. The number of aryl methyl sites for hydroxylation is 2. The van der Waals surface area contributed by atoms with Gasteiger partial charge in [-0.1, -0.05) is 45.4 Å². The molecule has 0 unspecified atom stereocenters. The second-order valence-corrected chi connectivity index (χ2v) is 3.46. The van der Waals surface area contributed by atoms with Gasteiger partial charge in [-0.05, 0) is 43.4 Å². The van der Waals surface area contributed by atoms with Crippen LogP contribution in [0.5, 0.6) is 0 Å². The Kier molecular flexibility index (Phi) is 7.18. The average Bonchev–Trinajstić information content (AvgIpc) is 2.23. The molecule has 0 radical (unpaired) electrons. The van der Waals surface area contributed by atoms with Crippen LogP contribution in [-0.4, -0.2) is 0 Å². The van der Waals surface area contributed by atoms with E-state index in [0.29, 0.717) is 0 Å². The van der Waals surface area contributed by atoms with Crippen LogP contribution in [0.3, 0.4) is 0 Å². The van der Waals surface area contributed by atoms with Crippen LogP contribution in [0, 0.1) is 13.8 Å². The quantitative estimate of drug-likeness (QED) is 0.652. The number of benzene rings is 1. The van der Waals surface area contributed by atoms with Crippen molar-refractivity contribution in [3.63, 3.8) is 0 Å². The summed E-state index contributed by atoms with van der Waals surface area (Å²) < 4.78 is 0. The highest BCUT2D eigenvalue weighted by Crippen LogP contribution is 2.14. The monoisotopic (exact) mass is 192 g/mol. The van der Waals surface area contributed by atoms with Crippen molar-refractivity contribution in [1.82, 2.24) is 0 Å². The van der Waals surface area contributed by atoms with Gasteiger partial charge in [-0.25, -0.2) is 0 Å². The molecule has 0 bridgehead atoms. The minimum absolute atomic E-state index is 1.24. The third kappa shape index (κ3) is 3.95. The van der Waals surface area contributed by atoms with Crippen molar-refractivity contribution >= 4 is 0 Å². The summed E-state index contributed by atoms with van der Waals surface area (Å²) in [6.07, 6.45) is 3.84. The molecule has 0 saturated heterocycles. The molecule has 0 heteroatoms. The molecule has 80 valence electrons. The van der Waals surface area contributed by atoms with E-state index in [0.717, 1.165) is 0 Å². The van der Waals surface area contributed by atoms with E-state index < -0.39 is 0 Å². The van der Waals surface area contributed by atoms with E-state index in [1.54, 1.807) is 0 Å². The van der Waals surface area contributed by atoms with Gasteiger partial charge >= 0.3 is 0 Å². The van der Waals surface area contributed by atoms with E-state index in [9.17, 15) is 0 Å². The molecule has 0 aliphatic carbocycles. The molecule has 0 spiro atoms. The van der Waals surface area contributed by atoms with Crippen molar-refractivity contribution in [2.75, 3.05) is 0 Å². The minimum atomic E-state index is 1.24. The highest BCUT2D eigenvalue weighted by molar-refractivity contribution is 5.33. The Morgan fingerprint density at radius 3 is 2.29 bits per heavy atom. The zero-order valence-electron chi connectivity index (χ0n) is 10.4. The molecule has 0 nitrogen and oxygen atoms in total. The van der Waals surface area contributed by atoms with Crippen LogP contribution in [0.1, 0.15) is 50.3 Å². The van der Waals surface area contributed by atoms with Crippen LogP contribution in [0.4, 0.5) is 0 Å². The van der Waals surface area contributed by atoms with Crippen molar-refractivity contribution in [2.24, 2.45) is 0 Å². The van der Waals surface area contributed by atoms with Gasteiger partial charge in [0.25, 0.3) is 0 Å². The first kappa shape index (κ1) is 13.2. The zero-order chi connectivity index (χ0) is 11.0. The number of hydrogen-bond acceptors (Lipinski definition) is 0. The van der Waals surface area contributed by atoms with E-state index in [2.05, 4.69) is 39.0 Å². The van der Waals surface area contributed by atoms with Gasteiger partial charge in [-0.15, -0.1) is 0 Å². The third-order valence-corrected chi connectivity index (χ3v) is 2.52. The largest absolute Gasteiger partial charge is 0.0683 e. The summed E-state index contributed by atoms with van der Waals surface area (Å²) in [6.45, 7) is 10.6. The van der Waals surface area contributed by atoms with Gasteiger partial charge in [0.2, 0.25) is 0 Å². The van der Waals surface area contributed by atoms with Crippen LogP contribution < -0.4 is 0 Å². The molecule has 0 atom stereocenters. The molecule has 1 aromatic carbocycles. The van der Waals surface area contributed by atoms with Crippen LogP contribution in [0.15, 0.2) is 18.2 Å². The molecule has 0 N–H and O–H groups in total. The lowest BCUT2D eigenvalue weighted by Crippen LogP contribution is -1.91. The molecule has 0 heterocycles. The van der Waals surface area contributed by atoms with Crippen LogP contribution in [0.25, 0.3) is 0 Å². The summed E-state index contributed by atoms with van der Waals surface area (Å²) in [4.78, 5) is 0. The standard InChI is InChI=1S/C12H18.C2H6/c1-4-5-8-12-9-6-7-10(2)11(12)3;1-2/h6-7,9H,4-5,8H2,1-3H3;1-2H3. The Hall–Kier alpha value is -0.780. The van der Waals surface area contributed by atoms with E-state index >= 15 is 0 Å². The van der Waals surface area contributed by atoms with Crippen molar-refractivity contribution in [1.29, 1.82) is 0 Å². The average molecular weight is 192 g/mol. The molecule has 14 heavy (non-hydrogen) atoms. The van der Waals surface area contributed by atoms with Crippen molar-refractivity contribution in [3.8, 4) is 0 Å². The lowest BCUT2D eigenvalue weighted by atomic mass is 9.99. The lowest BCUT2D eigenvalue weighted by Gasteiger charge is -2.06. The zero-order valence-corrected chi connectivity index (χ0v) is 10.4. The van der Waals surface area contributed by atoms with E-state index in [-0.39, 0.29) is 0 Å². The van der Waals surface area contributed by atoms with Crippen LogP contribution in [-0.2, 0) is 6.42 Å². The molecule has 0 amide bonds. The molecule has 0 saturated carbocycles. The van der Waals surface area contributed by atoms with Gasteiger partial charge in [0, 0.05) is 0 Å². The Morgan fingerprint density at radius 1 is 1.07 bits per heavy atom. The molecular weight excluding hydrogens is 168 g/mol. The summed E-state index contributed by atoms with van der Waals surface area (Å²) in [5, 5.41) is 0. The molecule has 1 aromatic rings. The van der Waals surface area contributed by atoms with Gasteiger partial charge < -0.3 is 0 Å². The van der Waals surface area contributed by atoms with Gasteiger partial charge in [0.1, 0.15) is 0 Å². The van der Waals surface area contributed by atoms with E-state index in [4.69, 9.17) is 0 Å². The van der Waals surface area contributed by atoms with Gasteiger partial charge in [0.15, 0.2) is 0 Å². The molecule has 0 aliphatic heterocycles. The Bertz CT molecular complexity index is 248. The lowest BCUT2D eigenvalue weighted by molar-refractivity contribution is 0.790. The highest BCUT2D eigenvalue weighted by atomic mass is 14.0. The van der Waals surface area contributed by atoms with Crippen molar-refractivity contribution in [2.45, 2.75) is 53.9 Å². The normalized spacial score (nSPS) is 9.21. The first-order chi connectivity index (χ1) is 6.75. The van der Waals surface area contributed by atoms with Crippen LogP contribution in [0.2, 0.25) is 0 Å². The Morgan fingerprint density at radius 2 is 1.71 bits per heavy atom. The first-order valence-corrected chi connectivity index (χ1v) is 5.80. The topological polar surface area (TPSA) is 0 Å². The summed E-state index contributed by atoms with van der Waals surface area (Å²) >= 11 is 0. The minimum Gasteiger partial charge on any atom is -0.0683 e. The fourth-order valence-corrected chi connectivity index (χ4v) is 1.45. The Labute approximate surface area is 89.4 Å². The smallest absolute Gasteiger partial charge is 0.0276 e. The number of hydrogen-bond donors (Lipinski definition) is 0. The SMILES string of the molecule is CC.CCCCc1cccc(C)c1C. The summed E-state index contributed by atoms with van der Waals surface area (Å²) in [7, 11) is 0. The number of rotatable bonds is 3. The van der Waals surface area contributed by atoms with Gasteiger partial charge in [-0.2, -0.15) is 0 Å².